The molecule has 0 radical (unpaired) electrons. The number of halogens is 1. The number of rotatable bonds is 11. The van der Waals surface area contributed by atoms with Crippen LogP contribution in [-0.2, 0) is 11.2 Å². The summed E-state index contributed by atoms with van der Waals surface area (Å²) in [7, 11) is 1.59. The maximum Gasteiger partial charge on any atom is 0.253 e. The normalized spacial score (nSPS) is 13.4. The molecule has 1 aliphatic heterocycles. The molecule has 1 heterocycles. The number of nitrogens with one attached hydrogen (secondary N) is 1. The van der Waals surface area contributed by atoms with Crippen molar-refractivity contribution in [1.29, 1.82) is 0 Å². The van der Waals surface area contributed by atoms with Gasteiger partial charge in [-0.15, -0.1) is 0 Å². The highest BCUT2D eigenvalue weighted by Crippen LogP contribution is 2.25. The van der Waals surface area contributed by atoms with Crippen LogP contribution in [0.4, 0.5) is 5.69 Å². The lowest BCUT2D eigenvalue weighted by Gasteiger charge is -2.38. The van der Waals surface area contributed by atoms with Crippen LogP contribution in [0.1, 0.15) is 38.8 Å². The Hall–Kier alpha value is -3.88. The van der Waals surface area contributed by atoms with Gasteiger partial charge in [0, 0.05) is 72.8 Å². The summed E-state index contributed by atoms with van der Waals surface area (Å²) in [5, 5.41) is 3.50. The molecule has 0 unspecified atom stereocenters. The molecule has 0 atom stereocenters. The zero-order chi connectivity index (χ0) is 27.8. The topological polar surface area (TPSA) is 106 Å². The fourth-order valence-corrected chi connectivity index (χ4v) is 4.55. The highest BCUT2D eigenvalue weighted by atomic mass is 35.5. The molecule has 3 N–H and O–H groups in total. The molecule has 3 aromatic carbocycles. The zero-order valence-corrected chi connectivity index (χ0v) is 22.9. The van der Waals surface area contributed by atoms with Crippen molar-refractivity contribution in [3.63, 3.8) is 0 Å². The SMILES string of the molecule is CCc1c(C(=O)NCCOC)ccc(N)c1C=NCC1CN(C(=O)c2ccc(Oc3ccc(Cl)cc3)cc2)C1. The van der Waals surface area contributed by atoms with Crippen LogP contribution in [-0.4, -0.2) is 62.8 Å². The molecule has 4 rings (SSSR count). The first-order chi connectivity index (χ1) is 18.9. The number of carbonyl (C=O) groups is 2. The van der Waals surface area contributed by atoms with E-state index in [4.69, 9.17) is 26.8 Å². The standard InChI is InChI=1S/C30H33ClN4O4/c1-3-25-26(29(36)34-14-15-38-2)12-13-28(32)27(25)17-33-16-20-18-35(19-20)30(37)21-4-8-23(9-5-21)39-24-10-6-22(31)7-11-24/h4-13,17,20H,3,14-16,18-19,32H2,1-2H3,(H,34,36). The van der Waals surface area contributed by atoms with Crippen molar-refractivity contribution in [2.24, 2.45) is 10.9 Å². The van der Waals surface area contributed by atoms with Gasteiger partial charge in [0.1, 0.15) is 11.5 Å². The molecule has 1 fully saturated rings. The lowest BCUT2D eigenvalue weighted by atomic mass is 9.96. The average Bonchev–Trinajstić information content (AvgIpc) is 2.92. The molecule has 1 saturated heterocycles. The number of amides is 2. The lowest BCUT2D eigenvalue weighted by Crippen LogP contribution is -2.51. The van der Waals surface area contributed by atoms with Gasteiger partial charge < -0.3 is 25.4 Å². The van der Waals surface area contributed by atoms with Crippen molar-refractivity contribution in [3.8, 4) is 11.5 Å². The Labute approximate surface area is 233 Å². The van der Waals surface area contributed by atoms with Crippen molar-refractivity contribution in [3.05, 3.63) is 87.9 Å². The number of aliphatic imine (C=N–C) groups is 1. The number of nitrogens with two attached hydrogens (primary N) is 1. The molecule has 0 bridgehead atoms. The third-order valence-corrected chi connectivity index (χ3v) is 6.81. The number of hydrogen-bond acceptors (Lipinski definition) is 6. The first-order valence-corrected chi connectivity index (χ1v) is 13.3. The van der Waals surface area contributed by atoms with Gasteiger partial charge in [0.2, 0.25) is 0 Å². The Bertz CT molecular complexity index is 1320. The third-order valence-electron chi connectivity index (χ3n) is 6.56. The van der Waals surface area contributed by atoms with Crippen molar-refractivity contribution in [2.75, 3.05) is 45.6 Å². The van der Waals surface area contributed by atoms with E-state index in [-0.39, 0.29) is 17.7 Å². The number of anilines is 1. The average molecular weight is 549 g/mol. The van der Waals surface area contributed by atoms with E-state index in [1.807, 2.05) is 11.8 Å². The Kier molecular flexibility index (Phi) is 9.57. The summed E-state index contributed by atoms with van der Waals surface area (Å²) in [5.41, 5.74) is 9.64. The number of ether oxygens (including phenoxy) is 2. The second-order valence-electron chi connectivity index (χ2n) is 9.35. The molecular weight excluding hydrogens is 516 g/mol. The number of carbonyl (C=O) groups excluding carboxylic acids is 2. The van der Waals surface area contributed by atoms with E-state index >= 15 is 0 Å². The van der Waals surface area contributed by atoms with Gasteiger partial charge in [-0.05, 0) is 72.6 Å². The molecule has 2 amide bonds. The van der Waals surface area contributed by atoms with Gasteiger partial charge in [0.05, 0.1) is 6.61 Å². The molecule has 9 heteroatoms. The van der Waals surface area contributed by atoms with Crippen LogP contribution in [0.15, 0.2) is 65.7 Å². The van der Waals surface area contributed by atoms with Gasteiger partial charge in [0.15, 0.2) is 0 Å². The van der Waals surface area contributed by atoms with Crippen LogP contribution in [0, 0.1) is 5.92 Å². The number of methoxy groups -OCH3 is 1. The minimum Gasteiger partial charge on any atom is -0.457 e. The van der Waals surface area contributed by atoms with Crippen LogP contribution >= 0.6 is 11.6 Å². The quantitative estimate of drug-likeness (QED) is 0.202. The van der Waals surface area contributed by atoms with Gasteiger partial charge in [-0.1, -0.05) is 18.5 Å². The molecule has 204 valence electrons. The summed E-state index contributed by atoms with van der Waals surface area (Å²) in [6.45, 7) is 4.72. The van der Waals surface area contributed by atoms with Crippen LogP contribution in [0.3, 0.4) is 0 Å². The monoisotopic (exact) mass is 548 g/mol. The number of benzene rings is 3. The summed E-state index contributed by atoms with van der Waals surface area (Å²) in [6, 6.07) is 17.7. The third kappa shape index (κ3) is 7.16. The van der Waals surface area contributed by atoms with E-state index in [9.17, 15) is 9.59 Å². The number of likely N-dealkylation sites (tertiary alicyclic amines) is 1. The first kappa shape index (κ1) is 28.1. The fraction of sp³-hybridized carbons (Fsp3) is 0.300. The predicted octanol–water partition coefficient (Wildman–Crippen LogP) is 4.84. The highest BCUT2D eigenvalue weighted by molar-refractivity contribution is 6.30. The van der Waals surface area contributed by atoms with Crippen LogP contribution in [0.5, 0.6) is 11.5 Å². The second-order valence-corrected chi connectivity index (χ2v) is 9.78. The minimum absolute atomic E-state index is 0.0158. The van der Waals surface area contributed by atoms with E-state index in [1.165, 1.54) is 0 Å². The maximum atomic E-state index is 12.9. The van der Waals surface area contributed by atoms with Crippen molar-refractivity contribution in [2.45, 2.75) is 13.3 Å². The number of nitrogens with zero attached hydrogens (tertiary/aromatic N) is 2. The lowest BCUT2D eigenvalue weighted by molar-refractivity contribution is 0.0516. The zero-order valence-electron chi connectivity index (χ0n) is 22.2. The summed E-state index contributed by atoms with van der Waals surface area (Å²) < 4.78 is 10.8. The largest absolute Gasteiger partial charge is 0.457 e. The number of nitrogen functional groups attached to an aromatic ring is 1. The van der Waals surface area contributed by atoms with E-state index in [0.717, 1.165) is 11.1 Å². The fourth-order valence-electron chi connectivity index (χ4n) is 4.42. The Balaban J connectivity index is 1.30. The maximum absolute atomic E-state index is 12.9. The smallest absolute Gasteiger partial charge is 0.253 e. The van der Waals surface area contributed by atoms with Crippen LogP contribution in [0.2, 0.25) is 5.02 Å². The summed E-state index contributed by atoms with van der Waals surface area (Å²) in [4.78, 5) is 31.9. The second kappa shape index (κ2) is 13.3. The van der Waals surface area contributed by atoms with Gasteiger partial charge in [-0.3, -0.25) is 14.6 Å². The first-order valence-electron chi connectivity index (χ1n) is 12.9. The van der Waals surface area contributed by atoms with Crippen molar-refractivity contribution in [1.82, 2.24) is 10.2 Å². The van der Waals surface area contributed by atoms with E-state index in [0.29, 0.717) is 72.5 Å². The van der Waals surface area contributed by atoms with Gasteiger partial charge in [0.25, 0.3) is 11.8 Å². The van der Waals surface area contributed by atoms with Gasteiger partial charge >= 0.3 is 0 Å². The summed E-state index contributed by atoms with van der Waals surface area (Å²) in [6.07, 6.45) is 2.40. The van der Waals surface area contributed by atoms with Crippen molar-refractivity contribution >= 4 is 35.3 Å². The highest BCUT2D eigenvalue weighted by Gasteiger charge is 2.30. The van der Waals surface area contributed by atoms with Gasteiger partial charge in [-0.2, -0.15) is 0 Å². The molecule has 0 aliphatic carbocycles. The summed E-state index contributed by atoms with van der Waals surface area (Å²) >= 11 is 5.91. The molecule has 3 aromatic rings. The molecule has 0 saturated carbocycles. The van der Waals surface area contributed by atoms with E-state index in [1.54, 1.807) is 74.0 Å². The molecule has 0 spiro atoms. The Morgan fingerprint density at radius 3 is 2.38 bits per heavy atom. The number of hydrogen-bond donors (Lipinski definition) is 2. The van der Waals surface area contributed by atoms with Gasteiger partial charge in [-0.25, -0.2) is 0 Å². The van der Waals surface area contributed by atoms with Crippen LogP contribution in [0.25, 0.3) is 0 Å². The molecule has 0 aromatic heterocycles. The van der Waals surface area contributed by atoms with Crippen LogP contribution < -0.4 is 15.8 Å². The molecule has 39 heavy (non-hydrogen) atoms. The molecule has 8 nitrogen and oxygen atoms in total. The minimum atomic E-state index is -0.156. The predicted molar refractivity (Wildman–Crippen MR) is 154 cm³/mol. The molecular formula is C30H33ClN4O4. The molecule has 1 aliphatic rings. The van der Waals surface area contributed by atoms with E-state index < -0.39 is 0 Å². The Morgan fingerprint density at radius 2 is 1.74 bits per heavy atom. The van der Waals surface area contributed by atoms with Crippen molar-refractivity contribution < 1.29 is 19.1 Å². The van der Waals surface area contributed by atoms with E-state index in [2.05, 4.69) is 10.3 Å². The Morgan fingerprint density at radius 1 is 1.08 bits per heavy atom. The summed E-state index contributed by atoms with van der Waals surface area (Å²) in [5.74, 6) is 1.42.